The zero-order valence-electron chi connectivity index (χ0n) is 21.8. The van der Waals surface area contributed by atoms with E-state index < -0.39 is 5.54 Å². The van der Waals surface area contributed by atoms with E-state index in [9.17, 15) is 14.9 Å². The molecule has 4 aliphatic rings. The molecule has 0 spiro atoms. The summed E-state index contributed by atoms with van der Waals surface area (Å²) in [7, 11) is 0. The molecule has 4 rings (SSSR count). The lowest BCUT2D eigenvalue weighted by Crippen LogP contribution is -2.53. The highest BCUT2D eigenvalue weighted by molar-refractivity contribution is 5.86. The quantitative estimate of drug-likeness (QED) is 0.563. The van der Waals surface area contributed by atoms with Crippen LogP contribution in [0.1, 0.15) is 90.4 Å². The van der Waals surface area contributed by atoms with Crippen LogP contribution in [0.15, 0.2) is 0 Å². The molecule has 0 bridgehead atoms. The molecule has 0 radical (unpaired) electrons. The summed E-state index contributed by atoms with van der Waals surface area (Å²) in [6.07, 6.45) is 13.9. The molecule has 2 aliphatic heterocycles. The predicted molar refractivity (Wildman–Crippen MR) is 135 cm³/mol. The zero-order chi connectivity index (χ0) is 24.7. The van der Waals surface area contributed by atoms with E-state index in [2.05, 4.69) is 23.2 Å². The molecule has 196 valence electrons. The molecule has 2 atom stereocenters. The lowest BCUT2D eigenvalue weighted by Gasteiger charge is -2.35. The molecule has 4 fully saturated rings. The van der Waals surface area contributed by atoms with Crippen molar-refractivity contribution in [3.8, 4) is 6.07 Å². The Morgan fingerprint density at radius 3 is 2.40 bits per heavy atom. The van der Waals surface area contributed by atoms with Gasteiger partial charge >= 0.3 is 0 Å². The summed E-state index contributed by atoms with van der Waals surface area (Å²) in [4.78, 5) is 31.0. The minimum Gasteiger partial charge on any atom is -0.378 e. The van der Waals surface area contributed by atoms with E-state index in [0.717, 1.165) is 31.7 Å². The SMILES string of the molecule is CCC1CCC(N2CCC(C#N)(NC(=O)C(CC(=O)N3CCOCC3)CC3CCCCC3)C2)CC1. The fourth-order valence-electron chi connectivity index (χ4n) is 6.89. The number of amides is 2. The van der Waals surface area contributed by atoms with Crippen molar-refractivity contribution in [2.45, 2.75) is 102 Å². The Hall–Kier alpha value is -1.65. The molecule has 0 aromatic heterocycles. The van der Waals surface area contributed by atoms with Crippen LogP contribution in [0, 0.1) is 29.1 Å². The standard InChI is InChI=1S/C28H46N4O3/c1-2-22-8-10-25(11-9-22)32-13-12-28(20-29,21-32)30-27(34)24(18-23-6-4-3-5-7-23)19-26(33)31-14-16-35-17-15-31/h22-25H,2-19,21H2,1H3,(H,30,34). The van der Waals surface area contributed by atoms with Crippen LogP contribution < -0.4 is 5.32 Å². The molecule has 2 amide bonds. The van der Waals surface area contributed by atoms with Crippen LogP contribution in [0.3, 0.4) is 0 Å². The smallest absolute Gasteiger partial charge is 0.224 e. The zero-order valence-corrected chi connectivity index (χ0v) is 21.8. The first-order valence-electron chi connectivity index (χ1n) is 14.3. The summed E-state index contributed by atoms with van der Waals surface area (Å²) in [5.41, 5.74) is -0.828. The third-order valence-corrected chi connectivity index (χ3v) is 9.28. The monoisotopic (exact) mass is 486 g/mol. The minimum absolute atomic E-state index is 0.0519. The number of hydrogen-bond acceptors (Lipinski definition) is 5. The van der Waals surface area contributed by atoms with Crippen molar-refractivity contribution >= 4 is 11.8 Å². The number of hydrogen-bond donors (Lipinski definition) is 1. The number of rotatable bonds is 8. The Morgan fingerprint density at radius 2 is 1.74 bits per heavy atom. The summed E-state index contributed by atoms with van der Waals surface area (Å²) in [6, 6.07) is 3.02. The van der Waals surface area contributed by atoms with Gasteiger partial charge in [-0.25, -0.2) is 0 Å². The van der Waals surface area contributed by atoms with Crippen LogP contribution in [0.4, 0.5) is 0 Å². The summed E-state index contributed by atoms with van der Waals surface area (Å²) in [6.45, 7) is 6.11. The summed E-state index contributed by atoms with van der Waals surface area (Å²) in [5, 5.41) is 13.4. The van der Waals surface area contributed by atoms with Gasteiger partial charge in [0.25, 0.3) is 0 Å². The second-order valence-electron chi connectivity index (χ2n) is 11.6. The van der Waals surface area contributed by atoms with Gasteiger partial charge in [0.15, 0.2) is 0 Å². The topological polar surface area (TPSA) is 85.7 Å². The minimum atomic E-state index is -0.828. The second kappa shape index (κ2) is 12.5. The van der Waals surface area contributed by atoms with E-state index in [1.165, 1.54) is 51.4 Å². The Bertz CT molecular complexity index is 748. The third kappa shape index (κ3) is 6.98. The number of nitrogens with one attached hydrogen (secondary N) is 1. The molecule has 2 saturated heterocycles. The van der Waals surface area contributed by atoms with E-state index in [1.807, 2.05) is 4.90 Å². The average Bonchev–Trinajstić information content (AvgIpc) is 3.33. The summed E-state index contributed by atoms with van der Waals surface area (Å²) < 4.78 is 5.40. The summed E-state index contributed by atoms with van der Waals surface area (Å²) in [5.74, 6) is 0.960. The normalized spacial score (nSPS) is 31.6. The van der Waals surface area contributed by atoms with Crippen molar-refractivity contribution in [1.82, 2.24) is 15.1 Å². The largest absolute Gasteiger partial charge is 0.378 e. The first kappa shape index (κ1) is 26.4. The highest BCUT2D eigenvalue weighted by Gasteiger charge is 2.44. The number of carbonyl (C=O) groups is 2. The highest BCUT2D eigenvalue weighted by atomic mass is 16.5. The number of carbonyl (C=O) groups excluding carboxylic acids is 2. The van der Waals surface area contributed by atoms with Gasteiger partial charge in [0, 0.05) is 44.6 Å². The molecule has 7 heteroatoms. The molecule has 2 aliphatic carbocycles. The van der Waals surface area contributed by atoms with Crippen molar-refractivity contribution in [3.05, 3.63) is 0 Å². The maximum atomic E-state index is 13.6. The fraction of sp³-hybridized carbons (Fsp3) is 0.893. The van der Waals surface area contributed by atoms with Gasteiger partial charge in [-0.1, -0.05) is 45.4 Å². The van der Waals surface area contributed by atoms with Crippen molar-refractivity contribution in [2.24, 2.45) is 17.8 Å². The molecule has 2 heterocycles. The number of nitrogens with zero attached hydrogens (tertiary/aromatic N) is 3. The first-order chi connectivity index (χ1) is 17.0. The molecule has 0 aromatic carbocycles. The predicted octanol–water partition coefficient (Wildman–Crippen LogP) is 3.87. The number of ether oxygens (including phenoxy) is 1. The first-order valence-corrected chi connectivity index (χ1v) is 14.3. The Morgan fingerprint density at radius 1 is 1.03 bits per heavy atom. The maximum Gasteiger partial charge on any atom is 0.224 e. The maximum absolute atomic E-state index is 13.6. The van der Waals surface area contributed by atoms with Crippen molar-refractivity contribution < 1.29 is 14.3 Å². The molecule has 35 heavy (non-hydrogen) atoms. The second-order valence-corrected chi connectivity index (χ2v) is 11.6. The molecule has 7 nitrogen and oxygen atoms in total. The van der Waals surface area contributed by atoms with Gasteiger partial charge in [-0.15, -0.1) is 0 Å². The van der Waals surface area contributed by atoms with E-state index in [-0.39, 0.29) is 24.2 Å². The van der Waals surface area contributed by atoms with Crippen molar-refractivity contribution in [3.63, 3.8) is 0 Å². The lowest BCUT2D eigenvalue weighted by molar-refractivity contribution is -0.140. The van der Waals surface area contributed by atoms with Gasteiger partial charge in [0.05, 0.1) is 19.3 Å². The van der Waals surface area contributed by atoms with Crippen LogP contribution in [0.2, 0.25) is 0 Å². The molecule has 2 unspecified atom stereocenters. The third-order valence-electron chi connectivity index (χ3n) is 9.28. The lowest BCUT2D eigenvalue weighted by atomic mass is 9.81. The fourth-order valence-corrected chi connectivity index (χ4v) is 6.89. The number of nitriles is 1. The molecule has 0 aromatic rings. The summed E-state index contributed by atoms with van der Waals surface area (Å²) >= 11 is 0. The van der Waals surface area contributed by atoms with Gasteiger partial charge in [-0.3, -0.25) is 14.5 Å². The molecule has 2 saturated carbocycles. The van der Waals surface area contributed by atoms with E-state index in [4.69, 9.17) is 4.74 Å². The van der Waals surface area contributed by atoms with Crippen molar-refractivity contribution in [1.29, 1.82) is 5.26 Å². The average molecular weight is 487 g/mol. The highest BCUT2D eigenvalue weighted by Crippen LogP contribution is 2.34. The molecular weight excluding hydrogens is 440 g/mol. The van der Waals surface area contributed by atoms with Crippen LogP contribution >= 0.6 is 0 Å². The Balaban J connectivity index is 1.38. The Kier molecular flexibility index (Phi) is 9.46. The van der Waals surface area contributed by atoms with E-state index >= 15 is 0 Å². The van der Waals surface area contributed by atoms with Gasteiger partial charge in [0.2, 0.25) is 11.8 Å². The Labute approximate surface area is 211 Å². The van der Waals surface area contributed by atoms with Crippen LogP contribution in [0.25, 0.3) is 0 Å². The van der Waals surface area contributed by atoms with Gasteiger partial charge in [0.1, 0.15) is 5.54 Å². The van der Waals surface area contributed by atoms with Crippen LogP contribution in [-0.2, 0) is 14.3 Å². The van der Waals surface area contributed by atoms with Gasteiger partial charge in [-0.2, -0.15) is 5.26 Å². The van der Waals surface area contributed by atoms with Crippen molar-refractivity contribution in [2.75, 3.05) is 39.4 Å². The number of likely N-dealkylation sites (tertiary alicyclic amines) is 1. The molecule has 1 N–H and O–H groups in total. The molecular formula is C28H46N4O3. The van der Waals surface area contributed by atoms with Gasteiger partial charge < -0.3 is 15.0 Å². The van der Waals surface area contributed by atoms with E-state index in [1.54, 1.807) is 0 Å². The van der Waals surface area contributed by atoms with E-state index in [0.29, 0.717) is 51.2 Å². The number of morpholine rings is 1. The van der Waals surface area contributed by atoms with Crippen LogP contribution in [0.5, 0.6) is 0 Å². The van der Waals surface area contributed by atoms with Crippen LogP contribution in [-0.4, -0.2) is 72.6 Å². The van der Waals surface area contributed by atoms with Gasteiger partial charge in [-0.05, 0) is 50.4 Å².